The quantitative estimate of drug-likeness (QED) is 0.105. The van der Waals surface area contributed by atoms with Crippen LogP contribution in [-0.4, -0.2) is 32.7 Å². The monoisotopic (exact) mass is 545 g/mol. The van der Waals surface area contributed by atoms with E-state index in [0.29, 0.717) is 25.9 Å². The summed E-state index contributed by atoms with van der Waals surface area (Å²) in [5, 5.41) is 3.47. The molecule has 0 amide bonds. The molecule has 1 heterocycles. The predicted octanol–water partition coefficient (Wildman–Crippen LogP) is 7.50. The number of rotatable bonds is 13. The molecule has 4 nitrogen and oxygen atoms in total. The van der Waals surface area contributed by atoms with Gasteiger partial charge in [0.15, 0.2) is 0 Å². The summed E-state index contributed by atoms with van der Waals surface area (Å²) in [6.07, 6.45) is 14.8. The summed E-state index contributed by atoms with van der Waals surface area (Å²) in [5.41, 5.74) is 8.35. The van der Waals surface area contributed by atoms with Crippen LogP contribution in [0, 0.1) is 5.92 Å². The first kappa shape index (κ1) is 27.3. The molecular formula is C37H39NO3. The second kappa shape index (κ2) is 11.9. The van der Waals surface area contributed by atoms with E-state index >= 15 is 0 Å². The predicted molar refractivity (Wildman–Crippen MR) is 167 cm³/mol. The Bertz CT molecular complexity index is 1480. The molecule has 3 aromatic carbocycles. The molecule has 1 N–H and O–H groups in total. The van der Waals surface area contributed by atoms with Crippen LogP contribution in [0.1, 0.15) is 46.2 Å². The third-order valence-electron chi connectivity index (χ3n) is 8.58. The standard InChI is InChI=1S/C37H39NO3/c1-4-11-26-21-28(17-19-35(26)38-25-39-6-3)37(33-15-9-7-13-31(33)32-14-8-10-16-34(32)37)29-18-20-36(27(22-29)12-5-2)41-24-30-23-40-30/h4-5,7-10,13-22,30-31,33,38H,1-2,6,11-12,23-25H2,3H3. The van der Waals surface area contributed by atoms with Gasteiger partial charge in [0, 0.05) is 24.1 Å². The van der Waals surface area contributed by atoms with Crippen molar-refractivity contribution in [1.29, 1.82) is 0 Å². The highest BCUT2D eigenvalue weighted by molar-refractivity contribution is 5.66. The molecule has 2 aliphatic carbocycles. The lowest BCUT2D eigenvalue weighted by Crippen LogP contribution is -2.35. The number of hydrogen-bond donors (Lipinski definition) is 1. The van der Waals surface area contributed by atoms with Crippen molar-refractivity contribution in [1.82, 2.24) is 0 Å². The summed E-state index contributed by atoms with van der Waals surface area (Å²) in [4.78, 5) is 0. The van der Waals surface area contributed by atoms with Gasteiger partial charge in [-0.25, -0.2) is 0 Å². The van der Waals surface area contributed by atoms with Gasteiger partial charge in [0.1, 0.15) is 25.2 Å². The zero-order valence-corrected chi connectivity index (χ0v) is 23.9. The van der Waals surface area contributed by atoms with Gasteiger partial charge in [0.2, 0.25) is 0 Å². The molecule has 0 bridgehead atoms. The molecule has 0 spiro atoms. The third kappa shape index (κ3) is 5.07. The van der Waals surface area contributed by atoms with Crippen LogP contribution in [-0.2, 0) is 27.7 Å². The van der Waals surface area contributed by atoms with Crippen LogP contribution in [0.3, 0.4) is 0 Å². The Hall–Kier alpha value is -3.86. The van der Waals surface area contributed by atoms with Gasteiger partial charge in [-0.15, -0.1) is 13.2 Å². The highest BCUT2D eigenvalue weighted by Crippen LogP contribution is 2.60. The highest BCUT2D eigenvalue weighted by atomic mass is 16.6. The van der Waals surface area contributed by atoms with Crippen LogP contribution in [0.15, 0.2) is 110 Å². The van der Waals surface area contributed by atoms with Crippen LogP contribution in [0.4, 0.5) is 5.69 Å². The molecule has 41 heavy (non-hydrogen) atoms. The summed E-state index contributed by atoms with van der Waals surface area (Å²) >= 11 is 0. The smallest absolute Gasteiger partial charge is 0.122 e. The Kier molecular flexibility index (Phi) is 7.95. The van der Waals surface area contributed by atoms with Crippen LogP contribution in [0.5, 0.6) is 5.75 Å². The second-order valence-corrected chi connectivity index (χ2v) is 11.0. The van der Waals surface area contributed by atoms with E-state index in [1.54, 1.807) is 0 Å². The number of benzene rings is 3. The normalized spacial score (nSPS) is 23.5. The van der Waals surface area contributed by atoms with E-state index in [9.17, 15) is 0 Å². The second-order valence-electron chi connectivity index (χ2n) is 11.0. The van der Waals surface area contributed by atoms with Crippen molar-refractivity contribution in [3.8, 4) is 5.75 Å². The van der Waals surface area contributed by atoms with Gasteiger partial charge in [0.25, 0.3) is 0 Å². The van der Waals surface area contributed by atoms with Crippen molar-refractivity contribution >= 4 is 5.69 Å². The van der Waals surface area contributed by atoms with Crippen molar-refractivity contribution in [2.45, 2.75) is 37.2 Å². The number of epoxide rings is 1. The van der Waals surface area contributed by atoms with Crippen LogP contribution in [0.2, 0.25) is 0 Å². The molecule has 0 radical (unpaired) electrons. The maximum absolute atomic E-state index is 6.23. The van der Waals surface area contributed by atoms with E-state index in [4.69, 9.17) is 14.2 Å². The SMILES string of the molecule is C=CCc1cc(C2(c3ccc(OCC4CO4)c(CC=C)c3)c3ccccc3C3C=CC=CC32)ccc1NCOCC. The van der Waals surface area contributed by atoms with E-state index in [1.165, 1.54) is 27.8 Å². The van der Waals surface area contributed by atoms with Gasteiger partial charge in [-0.05, 0) is 65.3 Å². The lowest BCUT2D eigenvalue weighted by molar-refractivity contribution is 0.167. The molecule has 3 aliphatic rings. The first-order valence-electron chi connectivity index (χ1n) is 14.7. The Morgan fingerprint density at radius 2 is 1.68 bits per heavy atom. The summed E-state index contributed by atoms with van der Waals surface area (Å²) in [6, 6.07) is 22.6. The van der Waals surface area contributed by atoms with Gasteiger partial charge in [-0.1, -0.05) is 85.0 Å². The Labute approximate surface area is 244 Å². The fourth-order valence-electron chi connectivity index (χ4n) is 6.70. The van der Waals surface area contributed by atoms with Gasteiger partial charge in [0.05, 0.1) is 12.0 Å². The van der Waals surface area contributed by atoms with Crippen LogP contribution in [0.25, 0.3) is 0 Å². The van der Waals surface area contributed by atoms with Crippen molar-refractivity contribution in [2.24, 2.45) is 5.92 Å². The zero-order valence-electron chi connectivity index (χ0n) is 23.9. The number of allylic oxidation sites excluding steroid dienone is 6. The summed E-state index contributed by atoms with van der Waals surface area (Å²) < 4.78 is 17.2. The van der Waals surface area contributed by atoms with Gasteiger partial charge in [-0.2, -0.15) is 0 Å². The van der Waals surface area contributed by atoms with E-state index < -0.39 is 0 Å². The van der Waals surface area contributed by atoms with Crippen molar-refractivity contribution < 1.29 is 14.2 Å². The lowest BCUT2D eigenvalue weighted by atomic mass is 9.62. The minimum Gasteiger partial charge on any atom is -0.490 e. The lowest BCUT2D eigenvalue weighted by Gasteiger charge is -2.39. The van der Waals surface area contributed by atoms with Gasteiger partial charge in [-0.3, -0.25) is 0 Å². The molecule has 210 valence electrons. The maximum Gasteiger partial charge on any atom is 0.122 e. The minimum atomic E-state index is -0.384. The van der Waals surface area contributed by atoms with E-state index in [2.05, 4.69) is 103 Å². The first-order valence-corrected chi connectivity index (χ1v) is 14.7. The fraction of sp³-hybridized carbons (Fsp3) is 0.297. The van der Waals surface area contributed by atoms with E-state index in [-0.39, 0.29) is 17.4 Å². The van der Waals surface area contributed by atoms with Gasteiger partial charge >= 0.3 is 0 Å². The summed E-state index contributed by atoms with van der Waals surface area (Å²) in [6.45, 7) is 12.6. The first-order chi connectivity index (χ1) is 20.2. The van der Waals surface area contributed by atoms with Crippen molar-refractivity contribution in [3.63, 3.8) is 0 Å². The van der Waals surface area contributed by atoms with Crippen molar-refractivity contribution in [3.05, 3.63) is 144 Å². The van der Waals surface area contributed by atoms with Crippen LogP contribution < -0.4 is 10.1 Å². The molecule has 1 fully saturated rings. The van der Waals surface area contributed by atoms with E-state index in [1.807, 2.05) is 19.1 Å². The number of nitrogens with one attached hydrogen (secondary N) is 1. The van der Waals surface area contributed by atoms with Gasteiger partial charge < -0.3 is 19.5 Å². The molecule has 4 heteroatoms. The van der Waals surface area contributed by atoms with Crippen LogP contribution >= 0.6 is 0 Å². The average Bonchev–Trinajstić information content (AvgIpc) is 3.79. The topological polar surface area (TPSA) is 43.0 Å². The Morgan fingerprint density at radius 3 is 2.46 bits per heavy atom. The molecule has 4 unspecified atom stereocenters. The Morgan fingerprint density at radius 1 is 0.951 bits per heavy atom. The molecule has 1 aliphatic heterocycles. The molecule has 6 rings (SSSR count). The molecular weight excluding hydrogens is 506 g/mol. The number of anilines is 1. The summed E-state index contributed by atoms with van der Waals surface area (Å²) in [7, 11) is 0. The molecule has 4 atom stereocenters. The summed E-state index contributed by atoms with van der Waals surface area (Å²) in [5.74, 6) is 1.43. The Balaban J connectivity index is 1.55. The average molecular weight is 546 g/mol. The van der Waals surface area contributed by atoms with Crippen molar-refractivity contribution in [2.75, 3.05) is 31.9 Å². The molecule has 1 saturated heterocycles. The highest BCUT2D eigenvalue weighted by Gasteiger charge is 2.53. The molecule has 0 aromatic heterocycles. The number of hydrogen-bond acceptors (Lipinski definition) is 4. The maximum atomic E-state index is 6.23. The fourth-order valence-corrected chi connectivity index (χ4v) is 6.70. The zero-order chi connectivity index (χ0) is 28.2. The largest absolute Gasteiger partial charge is 0.490 e. The number of fused-ring (bicyclic) bond motifs is 3. The third-order valence-corrected chi connectivity index (χ3v) is 8.58. The minimum absolute atomic E-state index is 0.206. The number of ether oxygens (including phenoxy) is 3. The molecule has 0 saturated carbocycles. The van der Waals surface area contributed by atoms with E-state index in [0.717, 1.165) is 36.4 Å². The molecule has 3 aromatic rings.